The monoisotopic (exact) mass is 330 g/mol. The van der Waals surface area contributed by atoms with Crippen molar-refractivity contribution in [2.24, 2.45) is 5.41 Å². The molecule has 3 aliphatic rings. The largest absolute Gasteiger partial charge is 0.333 e. The first-order valence-corrected chi connectivity index (χ1v) is 9.08. The Balaban J connectivity index is 1.62. The van der Waals surface area contributed by atoms with Crippen LogP contribution in [-0.2, 0) is 11.3 Å². The zero-order chi connectivity index (χ0) is 16.9. The number of carbonyl (C=O) groups excluding carboxylic acids is 1. The number of nitrogens with one attached hydrogen (secondary N) is 1. The molecule has 0 unspecified atom stereocenters. The van der Waals surface area contributed by atoms with Crippen molar-refractivity contribution in [1.29, 1.82) is 0 Å². The Bertz CT molecular complexity index is 715. The summed E-state index contributed by atoms with van der Waals surface area (Å²) < 4.78 is 1.31. The quantitative estimate of drug-likeness (QED) is 0.881. The number of nitrogens with zero attached hydrogens (tertiary/aromatic N) is 3. The number of fused-ring (bicyclic) bond motifs is 1. The van der Waals surface area contributed by atoms with E-state index < -0.39 is 0 Å². The van der Waals surface area contributed by atoms with Crippen LogP contribution in [0.1, 0.15) is 44.7 Å². The standard InChI is InChI=1S/C18H26N4O2/c1-12-7-8-16(23)21(20-12)11-17(24)22-13-9-18(2)14(19-10-13)5-3-4-6-15(18)22/h7-8,13-15,19H,3-6,9-11H2,1-2H3/t13-,14+,15-,18+/m0/s1. The number of rotatable bonds is 2. The number of likely N-dealkylation sites (tertiary alicyclic amines) is 1. The molecule has 130 valence electrons. The first kappa shape index (κ1) is 15.8. The third-order valence-electron chi connectivity index (χ3n) is 6.36. The van der Waals surface area contributed by atoms with Crippen LogP contribution in [-0.4, -0.2) is 45.3 Å². The summed E-state index contributed by atoms with van der Waals surface area (Å²) in [5.41, 5.74) is 0.713. The minimum Gasteiger partial charge on any atom is -0.333 e. The highest BCUT2D eigenvalue weighted by Crippen LogP contribution is 2.50. The first-order valence-electron chi connectivity index (χ1n) is 9.08. The van der Waals surface area contributed by atoms with Crippen molar-refractivity contribution in [2.45, 2.75) is 70.6 Å². The first-order chi connectivity index (χ1) is 11.5. The molecule has 1 N–H and O–H groups in total. The molecular weight excluding hydrogens is 304 g/mol. The highest BCUT2D eigenvalue weighted by Gasteiger charge is 2.57. The van der Waals surface area contributed by atoms with Crippen LogP contribution in [0.25, 0.3) is 0 Å². The molecule has 4 rings (SSSR count). The molecule has 1 saturated carbocycles. The Morgan fingerprint density at radius 1 is 1.38 bits per heavy atom. The van der Waals surface area contributed by atoms with E-state index in [1.807, 2.05) is 6.92 Å². The number of aromatic nitrogens is 2. The third kappa shape index (κ3) is 2.39. The average molecular weight is 330 g/mol. The maximum Gasteiger partial charge on any atom is 0.267 e. The van der Waals surface area contributed by atoms with Gasteiger partial charge in [-0.15, -0.1) is 0 Å². The Hall–Kier alpha value is -1.69. The summed E-state index contributed by atoms with van der Waals surface area (Å²) in [7, 11) is 0. The SMILES string of the molecule is Cc1ccc(=O)n(CC(=O)N2[C@@H]3CN[C@@H]4CCCC[C@H]2[C@]4(C)C3)n1. The van der Waals surface area contributed by atoms with E-state index in [0.29, 0.717) is 6.04 Å². The van der Waals surface area contributed by atoms with Gasteiger partial charge in [0.1, 0.15) is 6.54 Å². The topological polar surface area (TPSA) is 67.2 Å². The molecule has 4 atom stereocenters. The maximum absolute atomic E-state index is 13.1. The van der Waals surface area contributed by atoms with Crippen molar-refractivity contribution >= 4 is 5.91 Å². The summed E-state index contributed by atoms with van der Waals surface area (Å²) in [6.45, 7) is 5.11. The van der Waals surface area contributed by atoms with Gasteiger partial charge in [-0.3, -0.25) is 9.59 Å². The fraction of sp³-hybridized carbons (Fsp3) is 0.722. The second-order valence-corrected chi connectivity index (χ2v) is 7.90. The van der Waals surface area contributed by atoms with Crippen molar-refractivity contribution in [2.75, 3.05) is 6.54 Å². The lowest BCUT2D eigenvalue weighted by molar-refractivity contribution is -0.135. The fourth-order valence-electron chi connectivity index (χ4n) is 5.21. The molecule has 1 aromatic rings. The van der Waals surface area contributed by atoms with Crippen molar-refractivity contribution in [3.05, 3.63) is 28.2 Å². The van der Waals surface area contributed by atoms with Crippen LogP contribution in [0.5, 0.6) is 0 Å². The second kappa shape index (κ2) is 5.69. The molecule has 2 bridgehead atoms. The molecule has 6 heteroatoms. The smallest absolute Gasteiger partial charge is 0.267 e. The Morgan fingerprint density at radius 3 is 3.00 bits per heavy atom. The van der Waals surface area contributed by atoms with Gasteiger partial charge in [0, 0.05) is 36.2 Å². The molecule has 0 radical (unpaired) electrons. The Morgan fingerprint density at radius 2 is 2.17 bits per heavy atom. The summed E-state index contributed by atoms with van der Waals surface area (Å²) in [6, 6.07) is 4.23. The van der Waals surface area contributed by atoms with Gasteiger partial charge in [-0.1, -0.05) is 19.8 Å². The second-order valence-electron chi connectivity index (χ2n) is 7.90. The minimum atomic E-state index is -0.209. The van der Waals surface area contributed by atoms with Crippen molar-refractivity contribution < 1.29 is 4.79 Å². The van der Waals surface area contributed by atoms with Crippen LogP contribution in [0.15, 0.2) is 16.9 Å². The molecule has 0 aromatic carbocycles. The number of hydrogen-bond donors (Lipinski definition) is 1. The van der Waals surface area contributed by atoms with E-state index in [0.717, 1.165) is 25.1 Å². The van der Waals surface area contributed by atoms with Crippen LogP contribution in [0.4, 0.5) is 0 Å². The number of hydrogen-bond acceptors (Lipinski definition) is 4. The van der Waals surface area contributed by atoms with Gasteiger partial charge in [0.05, 0.1) is 5.69 Å². The highest BCUT2D eigenvalue weighted by atomic mass is 16.2. The van der Waals surface area contributed by atoms with E-state index in [2.05, 4.69) is 22.2 Å². The lowest BCUT2D eigenvalue weighted by atomic mass is 9.72. The molecular formula is C18H26N4O2. The van der Waals surface area contributed by atoms with E-state index in [1.165, 1.54) is 30.0 Å². The van der Waals surface area contributed by atoms with E-state index in [-0.39, 0.29) is 35.5 Å². The molecule has 1 aliphatic carbocycles. The number of aryl methyl sites for hydroxylation is 1. The van der Waals surface area contributed by atoms with Crippen LogP contribution in [0.3, 0.4) is 0 Å². The molecule has 1 aromatic heterocycles. The summed E-state index contributed by atoms with van der Waals surface area (Å²) in [4.78, 5) is 27.2. The molecule has 24 heavy (non-hydrogen) atoms. The summed E-state index contributed by atoms with van der Waals surface area (Å²) in [6.07, 6.45) is 5.78. The van der Waals surface area contributed by atoms with Gasteiger partial charge in [0.15, 0.2) is 0 Å². The van der Waals surface area contributed by atoms with Gasteiger partial charge in [-0.05, 0) is 32.3 Å². The summed E-state index contributed by atoms with van der Waals surface area (Å²) in [5, 5.41) is 7.91. The predicted octanol–water partition coefficient (Wildman–Crippen LogP) is 1.07. The van der Waals surface area contributed by atoms with Crippen LogP contribution in [0.2, 0.25) is 0 Å². The van der Waals surface area contributed by atoms with Gasteiger partial charge in [0.2, 0.25) is 5.91 Å². The van der Waals surface area contributed by atoms with Gasteiger partial charge in [-0.2, -0.15) is 5.10 Å². The van der Waals surface area contributed by atoms with Crippen molar-refractivity contribution in [3.63, 3.8) is 0 Å². The van der Waals surface area contributed by atoms with E-state index in [4.69, 9.17) is 0 Å². The van der Waals surface area contributed by atoms with Crippen LogP contribution < -0.4 is 10.9 Å². The molecule has 2 aliphatic heterocycles. The lowest BCUT2D eigenvalue weighted by Crippen LogP contribution is -2.51. The zero-order valence-electron chi connectivity index (χ0n) is 14.5. The predicted molar refractivity (Wildman–Crippen MR) is 90.6 cm³/mol. The highest BCUT2D eigenvalue weighted by molar-refractivity contribution is 5.77. The molecule has 3 heterocycles. The van der Waals surface area contributed by atoms with Gasteiger partial charge >= 0.3 is 0 Å². The normalized spacial score (nSPS) is 34.9. The van der Waals surface area contributed by atoms with Crippen LogP contribution in [0, 0.1) is 12.3 Å². The zero-order valence-corrected chi connectivity index (χ0v) is 14.5. The number of amides is 1. The fourth-order valence-corrected chi connectivity index (χ4v) is 5.21. The Labute approximate surface area is 142 Å². The lowest BCUT2D eigenvalue weighted by Gasteiger charge is -2.39. The molecule has 0 spiro atoms. The molecule has 6 nitrogen and oxygen atoms in total. The summed E-state index contributed by atoms with van der Waals surface area (Å²) >= 11 is 0. The van der Waals surface area contributed by atoms with E-state index in [9.17, 15) is 9.59 Å². The minimum absolute atomic E-state index is 0.0401. The molecule has 2 saturated heterocycles. The van der Waals surface area contributed by atoms with Gasteiger partial charge < -0.3 is 10.2 Å². The van der Waals surface area contributed by atoms with E-state index >= 15 is 0 Å². The van der Waals surface area contributed by atoms with Crippen LogP contribution >= 0.6 is 0 Å². The van der Waals surface area contributed by atoms with Crippen molar-refractivity contribution in [1.82, 2.24) is 20.0 Å². The third-order valence-corrected chi connectivity index (χ3v) is 6.36. The van der Waals surface area contributed by atoms with Gasteiger partial charge in [-0.25, -0.2) is 4.68 Å². The average Bonchev–Trinajstić information content (AvgIpc) is 2.66. The molecule has 1 amide bonds. The number of carbonyl (C=O) groups is 1. The molecule has 3 fully saturated rings. The van der Waals surface area contributed by atoms with Crippen molar-refractivity contribution in [3.8, 4) is 0 Å². The number of piperidine rings is 1. The van der Waals surface area contributed by atoms with E-state index in [1.54, 1.807) is 6.07 Å². The maximum atomic E-state index is 13.1. The Kier molecular flexibility index (Phi) is 3.75. The summed E-state index contributed by atoms with van der Waals surface area (Å²) in [5.74, 6) is 0.0401. The van der Waals surface area contributed by atoms with Gasteiger partial charge in [0.25, 0.3) is 5.56 Å².